The van der Waals surface area contributed by atoms with Gasteiger partial charge >= 0.3 is 6.03 Å². The molecule has 2 heterocycles. The first-order chi connectivity index (χ1) is 24.1. The molecule has 1 aromatic carbocycles. The molecule has 0 radical (unpaired) electrons. The van der Waals surface area contributed by atoms with Crippen molar-refractivity contribution in [3.05, 3.63) is 24.3 Å². The summed E-state index contributed by atoms with van der Waals surface area (Å²) in [5.41, 5.74) is -2.69. The van der Waals surface area contributed by atoms with Crippen LogP contribution in [0.4, 0.5) is 13.6 Å². The summed E-state index contributed by atoms with van der Waals surface area (Å²) in [6.45, 7) is 10.8. The van der Waals surface area contributed by atoms with Gasteiger partial charge < -0.3 is 25.6 Å². The number of ether oxygens (including phenoxy) is 1. The zero-order valence-corrected chi connectivity index (χ0v) is 31.1. The van der Waals surface area contributed by atoms with E-state index in [4.69, 9.17) is 4.74 Å². The molecule has 5 rings (SSSR count). The maximum atomic E-state index is 14.4. The number of alkyl halides is 2. The molecule has 1 unspecified atom stereocenters. The molecule has 52 heavy (non-hydrogen) atoms. The number of likely N-dealkylation sites (tertiary alicyclic amines) is 1. The zero-order valence-electron chi connectivity index (χ0n) is 30.3. The third-order valence-corrected chi connectivity index (χ3v) is 11.0. The summed E-state index contributed by atoms with van der Waals surface area (Å²) in [5.74, 6) is -3.60. The lowest BCUT2D eigenvalue weighted by Crippen LogP contribution is -2.60. The van der Waals surface area contributed by atoms with Crippen LogP contribution in [0.15, 0.2) is 24.3 Å². The molecular formula is C33H47F2N9O7S. The van der Waals surface area contributed by atoms with E-state index in [9.17, 15) is 36.4 Å². The Kier molecular flexibility index (Phi) is 10.6. The van der Waals surface area contributed by atoms with Crippen LogP contribution in [0.3, 0.4) is 0 Å². The van der Waals surface area contributed by atoms with E-state index in [-0.39, 0.29) is 25.2 Å². The summed E-state index contributed by atoms with van der Waals surface area (Å²) < 4.78 is 60.4. The number of urea groups is 1. The molecule has 0 spiro atoms. The van der Waals surface area contributed by atoms with Crippen molar-refractivity contribution >= 4 is 33.8 Å². The van der Waals surface area contributed by atoms with Gasteiger partial charge in [0.1, 0.15) is 23.4 Å². The van der Waals surface area contributed by atoms with Crippen molar-refractivity contribution in [1.82, 2.24) is 45.8 Å². The number of hydrogen-bond donors (Lipinski definition) is 4. The van der Waals surface area contributed by atoms with Crippen LogP contribution in [0.5, 0.6) is 5.75 Å². The lowest BCUT2D eigenvalue weighted by atomic mass is 9.87. The fourth-order valence-corrected chi connectivity index (χ4v) is 7.66. The minimum absolute atomic E-state index is 0.107. The van der Waals surface area contributed by atoms with Crippen LogP contribution in [0.2, 0.25) is 0 Å². The van der Waals surface area contributed by atoms with Crippen LogP contribution in [-0.2, 0) is 24.4 Å². The van der Waals surface area contributed by atoms with Crippen molar-refractivity contribution in [1.29, 1.82) is 0 Å². The Morgan fingerprint density at radius 3 is 2.25 bits per heavy atom. The number of hydrogen-bond acceptors (Lipinski definition) is 10. The monoisotopic (exact) mass is 751 g/mol. The second-order valence-electron chi connectivity index (χ2n) is 16.0. The summed E-state index contributed by atoms with van der Waals surface area (Å²) in [7, 11) is -2.59. The number of sulfonamides is 1. The molecule has 5 amide bonds. The fourth-order valence-electron chi connectivity index (χ4n) is 6.30. The summed E-state index contributed by atoms with van der Waals surface area (Å²) >= 11 is 0. The predicted octanol–water partition coefficient (Wildman–Crippen LogP) is 2.14. The number of methoxy groups -OCH3 is 1. The highest BCUT2D eigenvalue weighted by atomic mass is 32.2. The minimum Gasteiger partial charge on any atom is -0.497 e. The van der Waals surface area contributed by atoms with Gasteiger partial charge in [0.2, 0.25) is 34.1 Å². The van der Waals surface area contributed by atoms with Crippen molar-refractivity contribution in [3.8, 4) is 17.1 Å². The number of tetrazole rings is 1. The summed E-state index contributed by atoms with van der Waals surface area (Å²) in [5, 5.41) is 19.9. The first-order valence-electron chi connectivity index (χ1n) is 17.1. The second kappa shape index (κ2) is 14.2. The van der Waals surface area contributed by atoms with Crippen molar-refractivity contribution < 1.29 is 41.1 Å². The zero-order chi connectivity index (χ0) is 38.4. The SMILES string of the molecule is COc1ccc(-c2nnn([C@@H]3CC(C(=O)N[C@]4(C(=O)NS(=O)(=O)C5CC5)C[C@H]4C(F)F)N(C(=O)[C@H](CC(C)(C)C)NC(=O)NC(C)(C)C)C3)n2)cc1. The van der Waals surface area contributed by atoms with Gasteiger partial charge in [-0.05, 0) is 81.3 Å². The average molecular weight is 752 g/mol. The molecule has 0 bridgehead atoms. The van der Waals surface area contributed by atoms with Crippen LogP contribution in [0, 0.1) is 11.3 Å². The van der Waals surface area contributed by atoms with Gasteiger partial charge in [-0.2, -0.15) is 4.80 Å². The van der Waals surface area contributed by atoms with Crippen LogP contribution in [0.1, 0.15) is 79.7 Å². The normalized spacial score (nSPS) is 23.9. The quantitative estimate of drug-likeness (QED) is 0.249. The highest BCUT2D eigenvalue weighted by Gasteiger charge is 2.66. The van der Waals surface area contributed by atoms with Gasteiger partial charge in [0.15, 0.2) is 0 Å². The number of nitrogens with one attached hydrogen (secondary N) is 4. The molecule has 16 nitrogen and oxygen atoms in total. The predicted molar refractivity (Wildman–Crippen MR) is 183 cm³/mol. The lowest BCUT2D eigenvalue weighted by Gasteiger charge is -2.33. The van der Waals surface area contributed by atoms with E-state index < -0.39 is 92.4 Å². The van der Waals surface area contributed by atoms with Crippen LogP contribution in [0.25, 0.3) is 11.4 Å². The first kappa shape index (κ1) is 38.8. The number of amides is 5. The Balaban J connectivity index is 1.45. The Bertz CT molecular complexity index is 1790. The van der Waals surface area contributed by atoms with E-state index >= 15 is 0 Å². The highest BCUT2D eigenvalue weighted by Crippen LogP contribution is 2.48. The standard InChI is InChI=1S/C33H47F2N9O7S/c1-31(2,3)16-23(36-30(48)38-32(4,5)6)28(46)43-17-19(44-40-26(39-42-44)18-8-10-20(51-7)11-9-18)14-24(43)27(45)37-33(15-22(33)25(34)35)29(47)41-52(49,50)21-12-13-21/h8-11,19,21-25H,12-17H2,1-7H3,(H,37,45)(H,41,47)(H2,36,38,48)/t19-,22+,23+,24?,33-/m1/s1. The third kappa shape index (κ3) is 8.95. The highest BCUT2D eigenvalue weighted by molar-refractivity contribution is 7.91. The van der Waals surface area contributed by atoms with E-state index in [1.54, 1.807) is 45.0 Å². The first-order valence-corrected chi connectivity index (χ1v) is 18.7. The Morgan fingerprint density at radius 2 is 1.71 bits per heavy atom. The Hall–Kier alpha value is -4.42. The molecule has 3 aliphatic rings. The van der Waals surface area contributed by atoms with Gasteiger partial charge in [0, 0.05) is 24.1 Å². The van der Waals surface area contributed by atoms with Gasteiger partial charge in [-0.1, -0.05) is 20.8 Å². The van der Waals surface area contributed by atoms with Crippen molar-refractivity contribution in [2.75, 3.05) is 13.7 Å². The van der Waals surface area contributed by atoms with E-state index in [1.807, 2.05) is 25.5 Å². The number of rotatable bonds is 12. The number of carbonyl (C=O) groups excluding carboxylic acids is 4. The molecule has 1 saturated heterocycles. The van der Waals surface area contributed by atoms with Crippen molar-refractivity contribution in [2.45, 2.75) is 115 Å². The number of aromatic nitrogens is 4. The largest absolute Gasteiger partial charge is 0.497 e. The lowest BCUT2D eigenvalue weighted by molar-refractivity contribution is -0.141. The molecule has 4 N–H and O–H groups in total. The minimum atomic E-state index is -4.12. The smallest absolute Gasteiger partial charge is 0.315 e. The van der Waals surface area contributed by atoms with E-state index in [1.165, 1.54) is 16.8 Å². The molecule has 2 saturated carbocycles. The molecule has 1 aliphatic heterocycles. The van der Waals surface area contributed by atoms with Crippen LogP contribution < -0.4 is 25.4 Å². The molecule has 286 valence electrons. The van der Waals surface area contributed by atoms with Crippen LogP contribution in [-0.4, -0.2) is 106 Å². The summed E-state index contributed by atoms with van der Waals surface area (Å²) in [6, 6.07) is 3.10. The number of nitrogens with zero attached hydrogens (tertiary/aromatic N) is 5. The van der Waals surface area contributed by atoms with E-state index in [0.29, 0.717) is 24.2 Å². The Labute approximate surface area is 301 Å². The van der Waals surface area contributed by atoms with Gasteiger partial charge in [-0.25, -0.2) is 22.0 Å². The number of benzene rings is 1. The molecule has 5 atom stereocenters. The number of halogens is 2. The van der Waals surface area contributed by atoms with Crippen LogP contribution >= 0.6 is 0 Å². The Morgan fingerprint density at radius 1 is 1.06 bits per heavy atom. The topological polar surface area (TPSA) is 207 Å². The van der Waals surface area contributed by atoms with Crippen molar-refractivity contribution in [2.24, 2.45) is 11.3 Å². The van der Waals surface area contributed by atoms with E-state index in [2.05, 4.69) is 31.4 Å². The van der Waals surface area contributed by atoms with Gasteiger partial charge in [0.05, 0.1) is 24.3 Å². The molecule has 19 heteroatoms. The molecule has 2 aromatic rings. The van der Waals surface area contributed by atoms with E-state index in [0.717, 1.165) is 0 Å². The van der Waals surface area contributed by atoms with Gasteiger partial charge in [-0.3, -0.25) is 19.1 Å². The fraction of sp³-hybridized carbons (Fsp3) is 0.667. The van der Waals surface area contributed by atoms with Crippen molar-refractivity contribution in [3.63, 3.8) is 0 Å². The average Bonchev–Trinajstić information content (AvgIpc) is 3.92. The molecular weight excluding hydrogens is 704 g/mol. The summed E-state index contributed by atoms with van der Waals surface area (Å²) in [6.07, 6.45) is -2.82. The molecule has 3 fully saturated rings. The maximum Gasteiger partial charge on any atom is 0.315 e. The molecule has 2 aliphatic carbocycles. The molecule has 1 aromatic heterocycles. The second-order valence-corrected chi connectivity index (χ2v) is 18.0. The third-order valence-electron chi connectivity index (χ3n) is 9.14. The number of carbonyl (C=O) groups is 4. The maximum absolute atomic E-state index is 14.4. The summed E-state index contributed by atoms with van der Waals surface area (Å²) in [4.78, 5) is 57.3. The van der Waals surface area contributed by atoms with Gasteiger partial charge in [-0.15, -0.1) is 10.2 Å². The van der Waals surface area contributed by atoms with Gasteiger partial charge in [0.25, 0.3) is 5.91 Å².